The van der Waals surface area contributed by atoms with Gasteiger partial charge in [-0.25, -0.2) is 14.1 Å². The second-order valence-corrected chi connectivity index (χ2v) is 6.28. The van der Waals surface area contributed by atoms with E-state index in [2.05, 4.69) is 5.10 Å². The number of benzene rings is 1. The number of carbonyl (C=O) groups excluding carboxylic acids is 1. The van der Waals surface area contributed by atoms with Gasteiger partial charge < -0.3 is 4.55 Å². The minimum atomic E-state index is -2.70. The molecule has 22 heavy (non-hydrogen) atoms. The molecular formula is C14H12N3O3S2-. The van der Waals surface area contributed by atoms with Gasteiger partial charge in [0.05, 0.1) is 17.3 Å². The van der Waals surface area contributed by atoms with Crippen LogP contribution in [0.3, 0.4) is 0 Å². The van der Waals surface area contributed by atoms with Gasteiger partial charge in [0.25, 0.3) is 0 Å². The van der Waals surface area contributed by atoms with E-state index < -0.39 is 17.3 Å². The highest BCUT2D eigenvalue weighted by Gasteiger charge is 2.33. The van der Waals surface area contributed by atoms with Gasteiger partial charge in [-0.15, -0.1) is 11.3 Å². The zero-order valence-corrected chi connectivity index (χ0v) is 13.0. The van der Waals surface area contributed by atoms with E-state index in [1.807, 2.05) is 30.3 Å². The summed E-state index contributed by atoms with van der Waals surface area (Å²) in [6.07, 6.45) is 2.18. The predicted molar refractivity (Wildman–Crippen MR) is 85.2 cm³/mol. The first-order chi connectivity index (χ1) is 10.7. The Morgan fingerprint density at radius 2 is 2.09 bits per heavy atom. The molecule has 6 nitrogen and oxygen atoms in total. The van der Waals surface area contributed by atoms with Crippen LogP contribution in [-0.2, 0) is 11.3 Å². The van der Waals surface area contributed by atoms with Crippen LogP contribution in [0, 0.1) is 0 Å². The van der Waals surface area contributed by atoms with Gasteiger partial charge in [-0.3, -0.25) is 4.21 Å². The quantitative estimate of drug-likeness (QED) is 0.810. The number of urea groups is 1. The summed E-state index contributed by atoms with van der Waals surface area (Å²) in [7, 11) is 0. The minimum absolute atomic E-state index is 0.292. The zero-order valence-electron chi connectivity index (χ0n) is 11.4. The number of nitrogens with zero attached hydrogens (tertiary/aromatic N) is 3. The van der Waals surface area contributed by atoms with Gasteiger partial charge >= 0.3 is 6.03 Å². The van der Waals surface area contributed by atoms with E-state index in [1.54, 1.807) is 23.7 Å². The molecule has 2 unspecified atom stereocenters. The number of carbonyl (C=O) groups is 1. The summed E-state index contributed by atoms with van der Waals surface area (Å²) in [6, 6.07) is 11.7. The summed E-state index contributed by atoms with van der Waals surface area (Å²) in [5, 5.41) is 7.32. The monoisotopic (exact) mass is 334 g/mol. The first kappa shape index (κ1) is 14.9. The zero-order chi connectivity index (χ0) is 15.5. The summed E-state index contributed by atoms with van der Waals surface area (Å²) in [5.41, 5.74) is 0.913. The fourth-order valence-corrected chi connectivity index (χ4v) is 3.62. The summed E-state index contributed by atoms with van der Waals surface area (Å²) >= 11 is -1.52. The SMILES string of the molecule is O=C(N1N=CCC1c1ccccc1)N(c1cccs1)S(=O)[O-]. The maximum Gasteiger partial charge on any atom is 0.357 e. The fourth-order valence-electron chi connectivity index (χ4n) is 2.26. The molecule has 0 aliphatic carbocycles. The smallest absolute Gasteiger partial charge is 0.357 e. The van der Waals surface area contributed by atoms with Crippen molar-refractivity contribution in [1.29, 1.82) is 0 Å². The maximum absolute atomic E-state index is 12.6. The molecule has 3 rings (SSSR count). The number of hydrogen-bond acceptors (Lipinski definition) is 5. The Balaban J connectivity index is 1.89. The van der Waals surface area contributed by atoms with Gasteiger partial charge in [-0.1, -0.05) is 30.3 Å². The fraction of sp³-hybridized carbons (Fsp3) is 0.143. The summed E-state index contributed by atoms with van der Waals surface area (Å²) < 4.78 is 23.7. The molecule has 2 amide bonds. The minimum Gasteiger partial charge on any atom is -0.755 e. The second-order valence-electron chi connectivity index (χ2n) is 4.55. The highest BCUT2D eigenvalue weighted by Crippen LogP contribution is 2.31. The lowest BCUT2D eigenvalue weighted by molar-refractivity contribution is 0.197. The third kappa shape index (κ3) is 2.80. The molecular weight excluding hydrogens is 322 g/mol. The molecule has 0 saturated heterocycles. The molecule has 0 saturated carbocycles. The van der Waals surface area contributed by atoms with E-state index in [0.29, 0.717) is 11.4 Å². The molecule has 2 aromatic rings. The average molecular weight is 334 g/mol. The van der Waals surface area contributed by atoms with Crippen molar-refractivity contribution in [3.05, 3.63) is 53.4 Å². The van der Waals surface area contributed by atoms with Gasteiger partial charge in [-0.2, -0.15) is 5.10 Å². The topological polar surface area (TPSA) is 76.0 Å². The highest BCUT2D eigenvalue weighted by molar-refractivity contribution is 7.81. The lowest BCUT2D eigenvalue weighted by Gasteiger charge is -2.29. The Labute approximate surface area is 134 Å². The van der Waals surface area contributed by atoms with Crippen molar-refractivity contribution < 1.29 is 13.6 Å². The summed E-state index contributed by atoms with van der Waals surface area (Å²) in [4.78, 5) is 12.6. The maximum atomic E-state index is 12.6. The van der Waals surface area contributed by atoms with Crippen LogP contribution >= 0.6 is 11.3 Å². The van der Waals surface area contributed by atoms with Crippen molar-refractivity contribution >= 4 is 39.9 Å². The van der Waals surface area contributed by atoms with Crippen LogP contribution in [0.2, 0.25) is 0 Å². The van der Waals surface area contributed by atoms with Gasteiger partial charge in [0, 0.05) is 12.6 Å². The van der Waals surface area contributed by atoms with E-state index in [0.717, 1.165) is 9.87 Å². The van der Waals surface area contributed by atoms with Gasteiger partial charge in [0.2, 0.25) is 0 Å². The lowest BCUT2D eigenvalue weighted by atomic mass is 10.1. The van der Waals surface area contributed by atoms with Gasteiger partial charge in [0.15, 0.2) is 0 Å². The molecule has 0 N–H and O–H groups in total. The second kappa shape index (κ2) is 6.39. The predicted octanol–water partition coefficient (Wildman–Crippen LogP) is 2.90. The summed E-state index contributed by atoms with van der Waals surface area (Å²) in [6.45, 7) is 0. The summed E-state index contributed by atoms with van der Waals surface area (Å²) in [5.74, 6) is 0. The van der Waals surface area contributed by atoms with Crippen molar-refractivity contribution in [3.63, 3.8) is 0 Å². The highest BCUT2D eigenvalue weighted by atomic mass is 32.2. The molecule has 1 aliphatic rings. The molecule has 1 aliphatic heterocycles. The lowest BCUT2D eigenvalue weighted by Crippen LogP contribution is -2.41. The Morgan fingerprint density at radius 1 is 1.32 bits per heavy atom. The number of thiophene rings is 1. The molecule has 2 atom stereocenters. The van der Waals surface area contributed by atoms with Crippen LogP contribution in [0.15, 0.2) is 52.9 Å². The van der Waals surface area contributed by atoms with Crippen LogP contribution in [0.4, 0.5) is 9.80 Å². The average Bonchev–Trinajstić information content (AvgIpc) is 3.19. The first-order valence-electron chi connectivity index (χ1n) is 6.52. The van der Waals surface area contributed by atoms with Crippen LogP contribution in [-0.4, -0.2) is 26.0 Å². The molecule has 8 heteroatoms. The van der Waals surface area contributed by atoms with Crippen molar-refractivity contribution in [3.8, 4) is 0 Å². The van der Waals surface area contributed by atoms with Crippen LogP contribution < -0.4 is 4.31 Å². The Morgan fingerprint density at radius 3 is 2.73 bits per heavy atom. The normalized spacial score (nSPS) is 18.4. The number of hydrazone groups is 1. The first-order valence-corrected chi connectivity index (χ1v) is 8.43. The van der Waals surface area contributed by atoms with Gasteiger partial charge in [0.1, 0.15) is 5.00 Å². The third-order valence-electron chi connectivity index (χ3n) is 3.24. The van der Waals surface area contributed by atoms with E-state index in [4.69, 9.17) is 0 Å². The van der Waals surface area contributed by atoms with E-state index in [1.165, 1.54) is 16.3 Å². The van der Waals surface area contributed by atoms with Gasteiger partial charge in [-0.05, 0) is 23.1 Å². The Hall–Kier alpha value is -2.03. The molecule has 0 radical (unpaired) electrons. The molecule has 1 aromatic carbocycles. The Bertz CT molecular complexity index is 703. The number of rotatable bonds is 3. The van der Waals surface area contributed by atoms with Crippen molar-refractivity contribution in [2.24, 2.45) is 5.10 Å². The molecule has 1 aromatic heterocycles. The Kier molecular flexibility index (Phi) is 4.32. The van der Waals surface area contributed by atoms with E-state index in [9.17, 15) is 13.6 Å². The molecule has 0 spiro atoms. The largest absolute Gasteiger partial charge is 0.755 e. The molecule has 0 fully saturated rings. The van der Waals surface area contributed by atoms with Crippen LogP contribution in [0.1, 0.15) is 18.0 Å². The number of hydrogen-bond donors (Lipinski definition) is 0. The van der Waals surface area contributed by atoms with Crippen molar-refractivity contribution in [2.45, 2.75) is 12.5 Å². The molecule has 114 valence electrons. The van der Waals surface area contributed by atoms with E-state index >= 15 is 0 Å². The van der Waals surface area contributed by atoms with E-state index in [-0.39, 0.29) is 6.04 Å². The van der Waals surface area contributed by atoms with Crippen LogP contribution in [0.25, 0.3) is 0 Å². The van der Waals surface area contributed by atoms with Crippen molar-refractivity contribution in [2.75, 3.05) is 4.31 Å². The number of amides is 2. The standard InChI is InChI=1S/C14H13N3O3S2/c18-14(17(22(19)20)13-7-4-10-21-13)16-12(8-9-15-16)11-5-2-1-3-6-11/h1-7,9-10,12H,8H2,(H,19,20)/p-1. The van der Waals surface area contributed by atoms with Crippen LogP contribution in [0.5, 0.6) is 0 Å². The number of anilines is 1. The molecule has 0 bridgehead atoms. The third-order valence-corrected chi connectivity index (χ3v) is 4.86. The van der Waals surface area contributed by atoms with Crippen molar-refractivity contribution in [1.82, 2.24) is 5.01 Å². The molecule has 2 heterocycles.